The zero-order valence-electron chi connectivity index (χ0n) is 18.6. The molecular weight excluding hydrogens is 480 g/mol. The quantitative estimate of drug-likeness (QED) is 0.187. The number of carbonyl (C=O) groups excluding carboxylic acids is 1. The highest BCUT2D eigenvalue weighted by Crippen LogP contribution is 2.52. The van der Waals surface area contributed by atoms with E-state index in [2.05, 4.69) is 26.4 Å². The molecule has 170 valence electrons. The molecule has 3 aliphatic rings. The third-order valence-electron chi connectivity index (χ3n) is 7.74. The number of nitrogens with two attached hydrogens (primary N) is 1. The average molecular weight is 507 g/mol. The van der Waals surface area contributed by atoms with Crippen molar-refractivity contribution in [3.8, 4) is 11.3 Å². The molecule has 0 radical (unpaired) electrons. The normalized spacial score (nSPS) is 24.7. The fourth-order valence-electron chi connectivity index (χ4n) is 5.67. The Balaban J connectivity index is 1.54. The fraction of sp³-hybridized carbons (Fsp3) is 0.346. The number of halogens is 1. The van der Waals surface area contributed by atoms with Crippen LogP contribution in [0.3, 0.4) is 0 Å². The van der Waals surface area contributed by atoms with Crippen LogP contribution in [0.5, 0.6) is 0 Å². The number of carbonyl (C=O) groups is 1. The number of amidine groups is 1. The fourth-order valence-corrected chi connectivity index (χ4v) is 6.03. The zero-order chi connectivity index (χ0) is 23.2. The summed E-state index contributed by atoms with van der Waals surface area (Å²) in [7, 11) is 0. The van der Waals surface area contributed by atoms with Crippen LogP contribution in [0.25, 0.3) is 22.2 Å². The van der Waals surface area contributed by atoms with Crippen molar-refractivity contribution in [3.05, 3.63) is 64.1 Å². The average Bonchev–Trinajstić information content (AvgIpc) is 2.84. The topological polar surface area (TPSA) is 101 Å². The summed E-state index contributed by atoms with van der Waals surface area (Å²) in [4.78, 5) is 18.8. The Hall–Kier alpha value is -2.93. The summed E-state index contributed by atoms with van der Waals surface area (Å²) in [6.07, 6.45) is 4.94. The summed E-state index contributed by atoms with van der Waals surface area (Å²) in [6, 6.07) is 15.9. The third kappa shape index (κ3) is 3.68. The van der Waals surface area contributed by atoms with Crippen LogP contribution in [0.2, 0.25) is 0 Å². The van der Waals surface area contributed by atoms with Crippen molar-refractivity contribution in [3.63, 3.8) is 0 Å². The molecule has 0 atom stereocenters. The van der Waals surface area contributed by atoms with E-state index in [1.54, 1.807) is 0 Å². The van der Waals surface area contributed by atoms with Crippen LogP contribution in [0.1, 0.15) is 54.4 Å². The summed E-state index contributed by atoms with van der Waals surface area (Å²) < 4.78 is 0.912. The maximum absolute atomic E-state index is 13.9. The van der Waals surface area contributed by atoms with Gasteiger partial charge in [0.2, 0.25) is 0 Å². The van der Waals surface area contributed by atoms with Gasteiger partial charge < -0.3 is 16.3 Å². The molecule has 1 amide bonds. The minimum Gasteiger partial charge on any atom is -0.409 e. The van der Waals surface area contributed by atoms with Gasteiger partial charge in [0.05, 0.1) is 16.8 Å². The molecule has 4 N–H and O–H groups in total. The SMILES string of the molecule is Cc1c(-c2ccccc2)nc2ccc(Br)cc2c1C(=O)NC12CCC(/C(N)=N/O)(CC1)CC2. The van der Waals surface area contributed by atoms with E-state index >= 15 is 0 Å². The van der Waals surface area contributed by atoms with Gasteiger partial charge in [0.25, 0.3) is 5.91 Å². The van der Waals surface area contributed by atoms with E-state index in [-0.39, 0.29) is 16.9 Å². The molecule has 6 nitrogen and oxygen atoms in total. The molecule has 2 aromatic carbocycles. The predicted octanol–water partition coefficient (Wildman–Crippen LogP) is 5.54. The molecule has 1 heterocycles. The van der Waals surface area contributed by atoms with E-state index in [1.807, 2.05) is 55.5 Å². The van der Waals surface area contributed by atoms with Gasteiger partial charge in [0.15, 0.2) is 0 Å². The van der Waals surface area contributed by atoms with Gasteiger partial charge in [0, 0.05) is 26.4 Å². The number of benzene rings is 2. The largest absolute Gasteiger partial charge is 0.409 e. The van der Waals surface area contributed by atoms with Crippen molar-refractivity contribution < 1.29 is 10.0 Å². The van der Waals surface area contributed by atoms with E-state index < -0.39 is 0 Å². The van der Waals surface area contributed by atoms with Crippen molar-refractivity contribution in [2.45, 2.75) is 51.0 Å². The molecular formula is C26H27BrN4O2. The van der Waals surface area contributed by atoms with Gasteiger partial charge in [-0.25, -0.2) is 4.98 Å². The van der Waals surface area contributed by atoms with E-state index in [4.69, 9.17) is 10.7 Å². The second-order valence-electron chi connectivity index (χ2n) is 9.49. The second-order valence-corrected chi connectivity index (χ2v) is 10.4. The zero-order valence-corrected chi connectivity index (χ0v) is 20.2. The van der Waals surface area contributed by atoms with Crippen LogP contribution < -0.4 is 11.1 Å². The van der Waals surface area contributed by atoms with Gasteiger partial charge in [0.1, 0.15) is 5.84 Å². The van der Waals surface area contributed by atoms with Crippen molar-refractivity contribution in [2.75, 3.05) is 0 Å². The lowest BCUT2D eigenvalue weighted by Crippen LogP contribution is -2.59. The molecule has 7 heteroatoms. The number of fused-ring (bicyclic) bond motifs is 4. The number of amides is 1. The minimum atomic E-state index is -0.254. The molecule has 3 aromatic rings. The van der Waals surface area contributed by atoms with Crippen LogP contribution in [-0.2, 0) is 0 Å². The number of rotatable bonds is 4. The van der Waals surface area contributed by atoms with Gasteiger partial charge in [-0.1, -0.05) is 51.4 Å². The first-order chi connectivity index (χ1) is 15.9. The number of pyridine rings is 1. The van der Waals surface area contributed by atoms with Crippen LogP contribution in [0, 0.1) is 12.3 Å². The molecule has 6 rings (SSSR count). The number of oxime groups is 1. The van der Waals surface area contributed by atoms with Crippen LogP contribution in [0.4, 0.5) is 0 Å². The van der Waals surface area contributed by atoms with E-state index in [9.17, 15) is 10.0 Å². The molecule has 2 bridgehead atoms. The van der Waals surface area contributed by atoms with Gasteiger partial charge >= 0.3 is 0 Å². The highest BCUT2D eigenvalue weighted by atomic mass is 79.9. The highest BCUT2D eigenvalue weighted by molar-refractivity contribution is 9.10. The molecule has 1 aromatic heterocycles. The Labute approximate surface area is 201 Å². The lowest BCUT2D eigenvalue weighted by atomic mass is 9.56. The van der Waals surface area contributed by atoms with Crippen LogP contribution in [-0.4, -0.2) is 27.5 Å². The van der Waals surface area contributed by atoms with Crippen molar-refractivity contribution in [2.24, 2.45) is 16.3 Å². The van der Waals surface area contributed by atoms with Crippen molar-refractivity contribution in [1.29, 1.82) is 0 Å². The number of nitrogens with one attached hydrogen (secondary N) is 1. The molecule has 3 fully saturated rings. The third-order valence-corrected chi connectivity index (χ3v) is 8.23. The van der Waals surface area contributed by atoms with Crippen LogP contribution >= 0.6 is 15.9 Å². The summed E-state index contributed by atoms with van der Waals surface area (Å²) >= 11 is 3.56. The summed E-state index contributed by atoms with van der Waals surface area (Å²) in [5.74, 6) is 0.267. The Kier molecular flexibility index (Phi) is 5.40. The standard InChI is InChI=1S/C26H27BrN4O2/c1-16-21(23(32)30-26-12-9-25(10-13-26,11-14-26)24(28)31-33)19-15-18(27)7-8-20(19)29-22(16)17-5-3-2-4-6-17/h2-8,15,33H,9-14H2,1H3,(H2,28,31)(H,30,32). The lowest BCUT2D eigenvalue weighted by molar-refractivity contribution is 0.0551. The number of aromatic nitrogens is 1. The van der Waals surface area contributed by atoms with E-state index in [0.717, 1.165) is 70.7 Å². The first-order valence-electron chi connectivity index (χ1n) is 11.3. The molecule has 0 spiro atoms. The molecule has 0 unspecified atom stereocenters. The number of hydrogen-bond donors (Lipinski definition) is 3. The van der Waals surface area contributed by atoms with Crippen molar-refractivity contribution >= 4 is 38.6 Å². The molecule has 3 saturated carbocycles. The first kappa shape index (κ1) is 21.9. The van der Waals surface area contributed by atoms with Crippen molar-refractivity contribution in [1.82, 2.24) is 10.3 Å². The van der Waals surface area contributed by atoms with Gasteiger partial charge in [-0.3, -0.25) is 4.79 Å². The monoisotopic (exact) mass is 506 g/mol. The molecule has 0 saturated heterocycles. The first-order valence-corrected chi connectivity index (χ1v) is 12.1. The number of nitrogens with zero attached hydrogens (tertiary/aromatic N) is 2. The molecule has 33 heavy (non-hydrogen) atoms. The summed E-state index contributed by atoms with van der Waals surface area (Å²) in [6.45, 7) is 1.98. The highest BCUT2D eigenvalue weighted by Gasteiger charge is 2.51. The smallest absolute Gasteiger partial charge is 0.252 e. The van der Waals surface area contributed by atoms with Gasteiger partial charge in [-0.2, -0.15) is 0 Å². The number of hydrogen-bond acceptors (Lipinski definition) is 4. The Bertz CT molecular complexity index is 1250. The molecule has 3 aliphatic carbocycles. The van der Waals surface area contributed by atoms with Gasteiger partial charge in [-0.15, -0.1) is 0 Å². The summed E-state index contributed by atoms with van der Waals surface area (Å²) in [5, 5.41) is 16.8. The maximum Gasteiger partial charge on any atom is 0.252 e. The summed E-state index contributed by atoms with van der Waals surface area (Å²) in [5.41, 5.74) is 9.70. The second kappa shape index (κ2) is 8.13. The van der Waals surface area contributed by atoms with Gasteiger partial charge in [-0.05, 0) is 69.2 Å². The van der Waals surface area contributed by atoms with E-state index in [1.165, 1.54) is 0 Å². The van der Waals surface area contributed by atoms with Crippen LogP contribution in [0.15, 0.2) is 58.2 Å². The minimum absolute atomic E-state index is 0.0617. The maximum atomic E-state index is 13.9. The van der Waals surface area contributed by atoms with E-state index in [0.29, 0.717) is 11.4 Å². The Morgan fingerprint density at radius 3 is 2.39 bits per heavy atom. The Morgan fingerprint density at radius 2 is 1.76 bits per heavy atom. The predicted molar refractivity (Wildman–Crippen MR) is 133 cm³/mol. The lowest BCUT2D eigenvalue weighted by Gasteiger charge is -2.53. The molecule has 0 aliphatic heterocycles. The Morgan fingerprint density at radius 1 is 1.09 bits per heavy atom.